The van der Waals surface area contributed by atoms with Crippen LogP contribution in [0.4, 0.5) is 5.69 Å². The summed E-state index contributed by atoms with van der Waals surface area (Å²) < 4.78 is 0. The third-order valence-corrected chi connectivity index (χ3v) is 2.24. The Balaban J connectivity index is 2.89. The summed E-state index contributed by atoms with van der Waals surface area (Å²) in [4.78, 5) is 12.6. The second-order valence-corrected chi connectivity index (χ2v) is 3.54. The number of carbonyl (C=O) groups is 1. The maximum Gasteiger partial charge on any atom is 0.335 e. The van der Waals surface area contributed by atoms with Crippen LogP contribution in [0, 0.1) is 0 Å². The van der Waals surface area contributed by atoms with Gasteiger partial charge in [0.15, 0.2) is 0 Å². The van der Waals surface area contributed by atoms with E-state index in [-0.39, 0.29) is 0 Å². The van der Waals surface area contributed by atoms with Crippen LogP contribution in [-0.4, -0.2) is 18.1 Å². The molecule has 84 valence electrons. The molecule has 0 bridgehead atoms. The van der Waals surface area contributed by atoms with Crippen LogP contribution >= 0.6 is 0 Å². The zero-order valence-electron chi connectivity index (χ0n) is 9.47. The molecule has 0 aliphatic carbocycles. The summed E-state index contributed by atoms with van der Waals surface area (Å²) in [5.41, 5.74) is 2.28. The number of carboxylic acid groups (broad SMARTS) is 1. The minimum atomic E-state index is -0.910. The Morgan fingerprint density at radius 1 is 1.38 bits per heavy atom. The van der Waals surface area contributed by atoms with Crippen molar-refractivity contribution in [3.63, 3.8) is 0 Å². The number of benzene rings is 1. The third kappa shape index (κ3) is 2.98. The Morgan fingerprint density at radius 2 is 1.94 bits per heavy atom. The number of rotatable bonds is 4. The highest BCUT2D eigenvalue weighted by Crippen LogP contribution is 2.15. The topological polar surface area (TPSA) is 40.5 Å². The normalized spacial score (nSPS) is 11.0. The van der Waals surface area contributed by atoms with Gasteiger partial charge in [-0.25, -0.2) is 4.79 Å². The molecule has 0 aliphatic rings. The van der Waals surface area contributed by atoms with Crippen LogP contribution in [0.2, 0.25) is 0 Å². The number of hydrogen-bond donors (Lipinski definition) is 1. The van der Waals surface area contributed by atoms with Crippen LogP contribution in [-0.2, 0) is 0 Å². The molecule has 0 saturated heterocycles. The lowest BCUT2D eigenvalue weighted by Crippen LogP contribution is -2.09. The minimum Gasteiger partial charge on any atom is -0.478 e. The van der Waals surface area contributed by atoms with E-state index < -0.39 is 5.97 Å². The fraction of sp³-hybridized carbons (Fsp3) is 0.154. The molecule has 3 heteroatoms. The standard InChI is InChI=1S/C13H15NO2/c1-4-10(2)9-14(3)12-7-5-11(6-8-12)13(15)16/h4-9H,1H2,2-3H3,(H,15,16)/b10-9+. The molecule has 0 unspecified atom stereocenters. The van der Waals surface area contributed by atoms with Crippen molar-refractivity contribution < 1.29 is 9.90 Å². The third-order valence-electron chi connectivity index (χ3n) is 2.24. The molecule has 0 amide bonds. The number of hydrogen-bond acceptors (Lipinski definition) is 2. The van der Waals surface area contributed by atoms with Gasteiger partial charge in [0.1, 0.15) is 0 Å². The monoisotopic (exact) mass is 217 g/mol. The summed E-state index contributed by atoms with van der Waals surface area (Å²) >= 11 is 0. The van der Waals surface area contributed by atoms with Crippen LogP contribution in [0.15, 0.2) is 48.7 Å². The lowest BCUT2D eigenvalue weighted by Gasteiger charge is -2.15. The lowest BCUT2D eigenvalue weighted by atomic mass is 10.2. The molecule has 0 aromatic heterocycles. The maximum absolute atomic E-state index is 10.7. The minimum absolute atomic E-state index is 0.293. The molecule has 16 heavy (non-hydrogen) atoms. The van der Waals surface area contributed by atoms with Crippen LogP contribution in [0.5, 0.6) is 0 Å². The van der Waals surface area contributed by atoms with E-state index in [9.17, 15) is 4.79 Å². The molecule has 0 heterocycles. The highest BCUT2D eigenvalue weighted by Gasteiger charge is 2.03. The molecule has 0 radical (unpaired) electrons. The Hall–Kier alpha value is -2.03. The van der Waals surface area contributed by atoms with Gasteiger partial charge in [-0.1, -0.05) is 12.7 Å². The van der Waals surface area contributed by atoms with E-state index in [2.05, 4.69) is 6.58 Å². The van der Waals surface area contributed by atoms with E-state index in [0.29, 0.717) is 5.56 Å². The van der Waals surface area contributed by atoms with Crippen molar-refractivity contribution in [1.29, 1.82) is 0 Å². The Labute approximate surface area is 95.3 Å². The molecular formula is C13H15NO2. The fourth-order valence-electron chi connectivity index (χ4n) is 1.27. The Morgan fingerprint density at radius 3 is 2.38 bits per heavy atom. The molecule has 0 spiro atoms. The SMILES string of the molecule is C=C/C(C)=C/N(C)c1ccc(C(=O)O)cc1. The quantitative estimate of drug-likeness (QED) is 0.788. The van der Waals surface area contributed by atoms with Crippen molar-refractivity contribution in [3.05, 3.63) is 54.3 Å². The summed E-state index contributed by atoms with van der Waals surface area (Å²) in [5.74, 6) is -0.910. The van der Waals surface area contributed by atoms with Crippen LogP contribution < -0.4 is 4.90 Å². The summed E-state index contributed by atoms with van der Waals surface area (Å²) in [5, 5.41) is 8.76. The van der Waals surface area contributed by atoms with Gasteiger partial charge in [0.05, 0.1) is 5.56 Å². The zero-order valence-corrected chi connectivity index (χ0v) is 9.47. The molecule has 1 rings (SSSR count). The smallest absolute Gasteiger partial charge is 0.335 e. The molecule has 1 aromatic rings. The van der Waals surface area contributed by atoms with Crippen LogP contribution in [0.25, 0.3) is 0 Å². The summed E-state index contributed by atoms with van der Waals surface area (Å²) in [7, 11) is 1.91. The largest absolute Gasteiger partial charge is 0.478 e. The van der Waals surface area contributed by atoms with Gasteiger partial charge in [-0.3, -0.25) is 0 Å². The molecule has 0 fully saturated rings. The van der Waals surface area contributed by atoms with E-state index in [1.165, 1.54) is 0 Å². The van der Waals surface area contributed by atoms with Gasteiger partial charge in [-0.05, 0) is 36.8 Å². The van der Waals surface area contributed by atoms with E-state index in [0.717, 1.165) is 11.3 Å². The van der Waals surface area contributed by atoms with E-state index >= 15 is 0 Å². The predicted octanol–water partition coefficient (Wildman–Crippen LogP) is 2.91. The average Bonchev–Trinajstić information content (AvgIpc) is 2.28. The van der Waals surface area contributed by atoms with Crippen molar-refractivity contribution in [2.24, 2.45) is 0 Å². The van der Waals surface area contributed by atoms with Gasteiger partial charge in [0.25, 0.3) is 0 Å². The van der Waals surface area contributed by atoms with Crippen molar-refractivity contribution in [1.82, 2.24) is 0 Å². The first-order valence-electron chi connectivity index (χ1n) is 4.91. The molecule has 1 N–H and O–H groups in total. The number of anilines is 1. The van der Waals surface area contributed by atoms with E-state index in [4.69, 9.17) is 5.11 Å². The number of aromatic carboxylic acids is 1. The van der Waals surface area contributed by atoms with E-state index in [1.807, 2.05) is 25.1 Å². The lowest BCUT2D eigenvalue weighted by molar-refractivity contribution is 0.0697. The van der Waals surface area contributed by atoms with Crippen LogP contribution in [0.3, 0.4) is 0 Å². The summed E-state index contributed by atoms with van der Waals surface area (Å²) in [6.07, 6.45) is 3.70. The van der Waals surface area contributed by atoms with E-state index in [1.54, 1.807) is 30.3 Å². The van der Waals surface area contributed by atoms with Gasteiger partial charge in [0.2, 0.25) is 0 Å². The Kier molecular flexibility index (Phi) is 3.89. The fourth-order valence-corrected chi connectivity index (χ4v) is 1.27. The molecular weight excluding hydrogens is 202 g/mol. The van der Waals surface area contributed by atoms with Crippen molar-refractivity contribution in [3.8, 4) is 0 Å². The highest BCUT2D eigenvalue weighted by atomic mass is 16.4. The van der Waals surface area contributed by atoms with Crippen molar-refractivity contribution in [2.45, 2.75) is 6.92 Å². The maximum atomic E-state index is 10.7. The van der Waals surface area contributed by atoms with Gasteiger partial charge in [-0.15, -0.1) is 0 Å². The number of allylic oxidation sites excluding steroid dienone is 2. The zero-order chi connectivity index (χ0) is 12.1. The average molecular weight is 217 g/mol. The first-order valence-corrected chi connectivity index (χ1v) is 4.91. The highest BCUT2D eigenvalue weighted by molar-refractivity contribution is 5.88. The van der Waals surface area contributed by atoms with Gasteiger partial charge in [-0.2, -0.15) is 0 Å². The van der Waals surface area contributed by atoms with Gasteiger partial charge >= 0.3 is 5.97 Å². The first kappa shape index (κ1) is 12.0. The molecule has 0 saturated carbocycles. The molecule has 0 aliphatic heterocycles. The van der Waals surface area contributed by atoms with Gasteiger partial charge < -0.3 is 10.0 Å². The van der Waals surface area contributed by atoms with Crippen LogP contribution in [0.1, 0.15) is 17.3 Å². The molecule has 3 nitrogen and oxygen atoms in total. The van der Waals surface area contributed by atoms with Crippen molar-refractivity contribution in [2.75, 3.05) is 11.9 Å². The molecule has 0 atom stereocenters. The second kappa shape index (κ2) is 5.16. The molecule has 1 aromatic carbocycles. The number of nitrogens with zero attached hydrogens (tertiary/aromatic N) is 1. The summed E-state index contributed by atoms with van der Waals surface area (Å²) in [6.45, 7) is 5.63. The number of carboxylic acids is 1. The Bertz CT molecular complexity index is 418. The summed E-state index contributed by atoms with van der Waals surface area (Å²) in [6, 6.07) is 6.73. The first-order chi connectivity index (χ1) is 7.54. The van der Waals surface area contributed by atoms with Crippen molar-refractivity contribution >= 4 is 11.7 Å². The second-order valence-electron chi connectivity index (χ2n) is 3.54. The van der Waals surface area contributed by atoms with Gasteiger partial charge in [0, 0.05) is 18.9 Å². The predicted molar refractivity (Wildman–Crippen MR) is 65.8 cm³/mol.